The molecule has 0 spiro atoms. The summed E-state index contributed by atoms with van der Waals surface area (Å²) in [6.45, 7) is 5.75. The molecule has 0 aromatic heterocycles. The summed E-state index contributed by atoms with van der Waals surface area (Å²) in [5.41, 5.74) is 14.6. The predicted octanol–water partition coefficient (Wildman–Crippen LogP) is 2.55. The SMILES string of the molecule is CC(CN)CCc1cc(C=O)cc(CCC(C)CN)c1. The molecule has 112 valence electrons. The molecule has 1 aromatic carbocycles. The van der Waals surface area contributed by atoms with Crippen LogP contribution in [0.3, 0.4) is 0 Å². The summed E-state index contributed by atoms with van der Waals surface area (Å²) in [6.07, 6.45) is 5.04. The van der Waals surface area contributed by atoms with E-state index < -0.39 is 0 Å². The van der Waals surface area contributed by atoms with Crippen LogP contribution in [0, 0.1) is 11.8 Å². The molecular formula is C17H28N2O. The Balaban J connectivity index is 2.72. The maximum absolute atomic E-state index is 11.1. The van der Waals surface area contributed by atoms with Crippen molar-refractivity contribution in [2.24, 2.45) is 23.3 Å². The molecule has 0 radical (unpaired) electrons. The summed E-state index contributed by atoms with van der Waals surface area (Å²) in [7, 11) is 0. The molecule has 2 unspecified atom stereocenters. The minimum atomic E-state index is 0.524. The van der Waals surface area contributed by atoms with Crippen molar-refractivity contribution in [1.82, 2.24) is 0 Å². The molecule has 20 heavy (non-hydrogen) atoms. The van der Waals surface area contributed by atoms with Crippen molar-refractivity contribution in [2.45, 2.75) is 39.5 Å². The van der Waals surface area contributed by atoms with Gasteiger partial charge in [0.15, 0.2) is 0 Å². The van der Waals surface area contributed by atoms with Crippen molar-refractivity contribution in [1.29, 1.82) is 0 Å². The van der Waals surface area contributed by atoms with Crippen LogP contribution in [0.4, 0.5) is 0 Å². The lowest BCUT2D eigenvalue weighted by atomic mass is 9.95. The molecule has 3 nitrogen and oxygen atoms in total. The van der Waals surface area contributed by atoms with Crippen molar-refractivity contribution in [3.63, 3.8) is 0 Å². The van der Waals surface area contributed by atoms with Crippen LogP contribution in [-0.2, 0) is 12.8 Å². The Morgan fingerprint density at radius 2 is 1.40 bits per heavy atom. The molecule has 1 aromatic rings. The van der Waals surface area contributed by atoms with Crippen molar-refractivity contribution in [3.8, 4) is 0 Å². The van der Waals surface area contributed by atoms with Gasteiger partial charge in [0.2, 0.25) is 0 Å². The fraction of sp³-hybridized carbons (Fsp3) is 0.588. The summed E-state index contributed by atoms with van der Waals surface area (Å²) < 4.78 is 0. The first kappa shape index (κ1) is 16.9. The number of aldehydes is 1. The second-order valence-electron chi connectivity index (χ2n) is 5.96. The van der Waals surface area contributed by atoms with Crippen molar-refractivity contribution in [3.05, 3.63) is 34.9 Å². The molecular weight excluding hydrogens is 248 g/mol. The van der Waals surface area contributed by atoms with Gasteiger partial charge in [0.05, 0.1) is 0 Å². The van der Waals surface area contributed by atoms with Gasteiger partial charge < -0.3 is 11.5 Å². The Morgan fingerprint density at radius 1 is 0.950 bits per heavy atom. The van der Waals surface area contributed by atoms with Gasteiger partial charge in [0.25, 0.3) is 0 Å². The van der Waals surface area contributed by atoms with E-state index in [0.29, 0.717) is 24.9 Å². The van der Waals surface area contributed by atoms with Gasteiger partial charge in [0.1, 0.15) is 6.29 Å². The Morgan fingerprint density at radius 3 is 1.75 bits per heavy atom. The summed E-state index contributed by atoms with van der Waals surface area (Å²) in [5, 5.41) is 0. The van der Waals surface area contributed by atoms with E-state index in [-0.39, 0.29) is 0 Å². The fourth-order valence-corrected chi connectivity index (χ4v) is 2.21. The minimum Gasteiger partial charge on any atom is -0.330 e. The third-order valence-corrected chi connectivity index (χ3v) is 3.87. The molecule has 0 saturated heterocycles. The van der Waals surface area contributed by atoms with E-state index in [0.717, 1.165) is 37.5 Å². The fourth-order valence-electron chi connectivity index (χ4n) is 2.21. The first-order valence-electron chi connectivity index (χ1n) is 7.57. The topological polar surface area (TPSA) is 69.1 Å². The van der Waals surface area contributed by atoms with Gasteiger partial charge in [-0.25, -0.2) is 0 Å². The van der Waals surface area contributed by atoms with Crippen LogP contribution >= 0.6 is 0 Å². The van der Waals surface area contributed by atoms with Crippen LogP contribution in [0.15, 0.2) is 18.2 Å². The van der Waals surface area contributed by atoms with Crippen LogP contribution in [0.5, 0.6) is 0 Å². The largest absolute Gasteiger partial charge is 0.330 e. The summed E-state index contributed by atoms with van der Waals surface area (Å²) in [4.78, 5) is 11.1. The molecule has 4 N–H and O–H groups in total. The molecule has 0 aliphatic carbocycles. The lowest BCUT2D eigenvalue weighted by molar-refractivity contribution is 0.112. The summed E-state index contributed by atoms with van der Waals surface area (Å²) >= 11 is 0. The number of benzene rings is 1. The number of aryl methyl sites for hydroxylation is 2. The second kappa shape index (κ2) is 8.88. The monoisotopic (exact) mass is 276 g/mol. The van der Waals surface area contributed by atoms with Gasteiger partial charge in [-0.1, -0.05) is 19.9 Å². The van der Waals surface area contributed by atoms with E-state index in [9.17, 15) is 4.79 Å². The van der Waals surface area contributed by atoms with Crippen molar-refractivity contribution < 1.29 is 4.79 Å². The number of carbonyl (C=O) groups excluding carboxylic acids is 1. The highest BCUT2D eigenvalue weighted by molar-refractivity contribution is 5.75. The average Bonchev–Trinajstić information content (AvgIpc) is 2.49. The normalized spacial score (nSPS) is 14.0. The highest BCUT2D eigenvalue weighted by Gasteiger charge is 2.06. The average molecular weight is 276 g/mol. The third kappa shape index (κ3) is 5.85. The lowest BCUT2D eigenvalue weighted by Gasteiger charge is -2.12. The van der Waals surface area contributed by atoms with Gasteiger partial charge >= 0.3 is 0 Å². The van der Waals surface area contributed by atoms with E-state index >= 15 is 0 Å². The number of rotatable bonds is 9. The first-order chi connectivity index (χ1) is 9.58. The standard InChI is InChI=1S/C17H28N2O/c1-13(10-18)3-5-15-7-16(6-4-14(2)11-19)9-17(8-15)12-20/h7-9,12-14H,3-6,10-11,18-19H2,1-2H3. The van der Waals surface area contributed by atoms with Crippen LogP contribution < -0.4 is 11.5 Å². The van der Waals surface area contributed by atoms with Gasteiger partial charge in [0, 0.05) is 5.56 Å². The molecule has 3 heteroatoms. The zero-order chi connectivity index (χ0) is 15.0. The van der Waals surface area contributed by atoms with E-state index in [1.807, 2.05) is 12.1 Å². The maximum Gasteiger partial charge on any atom is 0.150 e. The van der Waals surface area contributed by atoms with E-state index in [2.05, 4.69) is 19.9 Å². The van der Waals surface area contributed by atoms with Crippen LogP contribution in [0.2, 0.25) is 0 Å². The van der Waals surface area contributed by atoms with Gasteiger partial charge in [-0.2, -0.15) is 0 Å². The van der Waals surface area contributed by atoms with Crippen LogP contribution in [-0.4, -0.2) is 19.4 Å². The zero-order valence-electron chi connectivity index (χ0n) is 12.8. The molecule has 0 aliphatic rings. The molecule has 0 aliphatic heterocycles. The number of hydrogen-bond acceptors (Lipinski definition) is 3. The molecule has 0 fully saturated rings. The van der Waals surface area contributed by atoms with Crippen LogP contribution in [0.1, 0.15) is 48.2 Å². The number of carbonyl (C=O) groups is 1. The molecule has 0 heterocycles. The Bertz CT molecular complexity index is 385. The second-order valence-corrected chi connectivity index (χ2v) is 5.96. The van der Waals surface area contributed by atoms with Crippen LogP contribution in [0.25, 0.3) is 0 Å². The maximum atomic E-state index is 11.1. The summed E-state index contributed by atoms with van der Waals surface area (Å²) in [6, 6.07) is 6.21. The minimum absolute atomic E-state index is 0.524. The quantitative estimate of drug-likeness (QED) is 0.681. The molecule has 0 bridgehead atoms. The zero-order valence-corrected chi connectivity index (χ0v) is 12.8. The smallest absolute Gasteiger partial charge is 0.150 e. The van der Waals surface area contributed by atoms with Gasteiger partial charge in [-0.15, -0.1) is 0 Å². The number of nitrogens with two attached hydrogens (primary N) is 2. The molecule has 0 amide bonds. The van der Waals surface area contributed by atoms with Gasteiger partial charge in [-0.05, 0) is 73.9 Å². The number of hydrogen-bond donors (Lipinski definition) is 2. The van der Waals surface area contributed by atoms with Gasteiger partial charge in [-0.3, -0.25) is 4.79 Å². The highest BCUT2D eigenvalue weighted by Crippen LogP contribution is 2.16. The third-order valence-electron chi connectivity index (χ3n) is 3.87. The Hall–Kier alpha value is -1.19. The van der Waals surface area contributed by atoms with Crippen molar-refractivity contribution >= 4 is 6.29 Å². The Kier molecular flexibility index (Phi) is 7.48. The molecule has 2 atom stereocenters. The van der Waals surface area contributed by atoms with E-state index in [1.165, 1.54) is 11.1 Å². The van der Waals surface area contributed by atoms with E-state index in [4.69, 9.17) is 11.5 Å². The van der Waals surface area contributed by atoms with E-state index in [1.54, 1.807) is 0 Å². The van der Waals surface area contributed by atoms with Crippen molar-refractivity contribution in [2.75, 3.05) is 13.1 Å². The molecule has 0 saturated carbocycles. The first-order valence-corrected chi connectivity index (χ1v) is 7.57. The lowest BCUT2D eigenvalue weighted by Crippen LogP contribution is -2.12. The Labute approximate surface area is 122 Å². The highest BCUT2D eigenvalue weighted by atomic mass is 16.1. The predicted molar refractivity (Wildman–Crippen MR) is 84.9 cm³/mol. The summed E-state index contributed by atoms with van der Waals surface area (Å²) in [5.74, 6) is 1.05. The molecule has 1 rings (SSSR count).